The molecule has 0 aromatic carbocycles. The number of aromatic hydroxyl groups is 1. The summed E-state index contributed by atoms with van der Waals surface area (Å²) in [6, 6.07) is 1.47. The van der Waals surface area contributed by atoms with Crippen LogP contribution in [-0.2, 0) is 11.0 Å². The molecule has 212 valence electrons. The minimum atomic E-state index is -4.83. The van der Waals surface area contributed by atoms with Crippen molar-refractivity contribution in [3.05, 3.63) is 52.0 Å². The van der Waals surface area contributed by atoms with Crippen LogP contribution in [0.15, 0.2) is 30.9 Å². The number of carbonyl (C=O) groups excluding carboxylic acids is 3. The minimum Gasteiger partial charge on any atom is -0.506 e. The maximum Gasteiger partial charge on any atom is 0.420 e. The maximum atomic E-state index is 13.0. The van der Waals surface area contributed by atoms with Crippen molar-refractivity contribution in [1.29, 1.82) is 0 Å². The molecule has 3 aromatic heterocycles. The van der Waals surface area contributed by atoms with E-state index in [9.17, 15) is 32.7 Å². The lowest BCUT2D eigenvalue weighted by molar-refractivity contribution is -0.138. The van der Waals surface area contributed by atoms with E-state index in [-0.39, 0.29) is 22.4 Å². The number of pyridine rings is 1. The van der Waals surface area contributed by atoms with Crippen LogP contribution in [0.25, 0.3) is 0 Å². The van der Waals surface area contributed by atoms with Gasteiger partial charge in [0.25, 0.3) is 11.8 Å². The summed E-state index contributed by atoms with van der Waals surface area (Å²) in [4.78, 5) is 54.7. The van der Waals surface area contributed by atoms with Crippen LogP contribution in [0.3, 0.4) is 0 Å². The Morgan fingerprint density at radius 1 is 1.12 bits per heavy atom. The number of halogens is 3. The fraction of sp³-hybridized carbons (Fsp3) is 0.375. The molecule has 1 fully saturated rings. The number of alkyl halides is 3. The van der Waals surface area contributed by atoms with Gasteiger partial charge in [-0.25, -0.2) is 19.9 Å². The highest BCUT2D eigenvalue weighted by atomic mass is 32.1. The monoisotopic (exact) mass is 578 g/mol. The van der Waals surface area contributed by atoms with Gasteiger partial charge in [0.15, 0.2) is 0 Å². The van der Waals surface area contributed by atoms with E-state index in [1.807, 2.05) is 4.90 Å². The molecule has 40 heavy (non-hydrogen) atoms. The van der Waals surface area contributed by atoms with E-state index >= 15 is 0 Å². The van der Waals surface area contributed by atoms with Gasteiger partial charge in [-0.3, -0.25) is 14.4 Å². The standard InChI is InChI=1S/C24H25F3N8O4S/c1-12(23-30-10-17(40-23)22(39)34-19-7-14(24(25,26)27)16(36)9-29-19)33-21(38)15-8-20(32-11-31-15)35-4-2-13(3-5-35)6-18(28)37/h7-13,36H,2-6H2,1H3,(H2,28,37)(H,33,38)(H,29,34,39)/t12-/m1/s1. The fourth-order valence-electron chi connectivity index (χ4n) is 4.14. The summed E-state index contributed by atoms with van der Waals surface area (Å²) in [7, 11) is 0. The highest BCUT2D eigenvalue weighted by Gasteiger charge is 2.34. The van der Waals surface area contributed by atoms with E-state index in [1.165, 1.54) is 12.5 Å². The summed E-state index contributed by atoms with van der Waals surface area (Å²) < 4.78 is 39.0. The maximum absolute atomic E-state index is 13.0. The van der Waals surface area contributed by atoms with Crippen molar-refractivity contribution in [2.24, 2.45) is 11.7 Å². The molecule has 0 bridgehead atoms. The summed E-state index contributed by atoms with van der Waals surface area (Å²) in [6.07, 6.45) is 0.181. The van der Waals surface area contributed by atoms with E-state index < -0.39 is 41.2 Å². The van der Waals surface area contributed by atoms with Crippen molar-refractivity contribution in [2.75, 3.05) is 23.3 Å². The number of thiazole rings is 1. The van der Waals surface area contributed by atoms with Crippen LogP contribution >= 0.6 is 11.3 Å². The van der Waals surface area contributed by atoms with Crippen LogP contribution in [0.4, 0.5) is 24.8 Å². The smallest absolute Gasteiger partial charge is 0.420 e. The Morgan fingerprint density at radius 3 is 2.52 bits per heavy atom. The Bertz CT molecular complexity index is 1410. The van der Waals surface area contributed by atoms with Crippen LogP contribution < -0.4 is 21.3 Å². The number of rotatable bonds is 8. The average molecular weight is 579 g/mol. The lowest BCUT2D eigenvalue weighted by Gasteiger charge is -2.32. The van der Waals surface area contributed by atoms with Crippen LogP contribution in [-0.4, -0.2) is 55.9 Å². The quantitative estimate of drug-likeness (QED) is 0.313. The van der Waals surface area contributed by atoms with Crippen molar-refractivity contribution in [1.82, 2.24) is 25.3 Å². The lowest BCUT2D eigenvalue weighted by atomic mass is 9.93. The first-order chi connectivity index (χ1) is 18.9. The van der Waals surface area contributed by atoms with Gasteiger partial charge in [0.05, 0.1) is 18.4 Å². The summed E-state index contributed by atoms with van der Waals surface area (Å²) in [5, 5.41) is 14.8. The summed E-state index contributed by atoms with van der Waals surface area (Å²) in [5.74, 6) is -2.23. The topological polar surface area (TPSA) is 176 Å². The molecule has 0 saturated carbocycles. The molecule has 1 atom stereocenters. The number of nitrogens with two attached hydrogens (primary N) is 1. The SMILES string of the molecule is C[C@@H](NC(=O)c1cc(N2CCC(CC(N)=O)CC2)ncn1)c1ncc(C(=O)Nc2cc(C(F)(F)F)c(O)cn2)s1. The van der Waals surface area contributed by atoms with E-state index in [0.29, 0.717) is 42.6 Å². The molecule has 0 unspecified atom stereocenters. The largest absolute Gasteiger partial charge is 0.506 e. The molecule has 0 spiro atoms. The first kappa shape index (κ1) is 28.7. The van der Waals surface area contributed by atoms with Crippen LogP contribution in [0.1, 0.15) is 63.0 Å². The molecule has 4 rings (SSSR count). The molecule has 4 heterocycles. The molecular formula is C24H25F3N8O4S. The number of aromatic nitrogens is 4. The molecule has 5 N–H and O–H groups in total. The highest BCUT2D eigenvalue weighted by molar-refractivity contribution is 7.13. The van der Waals surface area contributed by atoms with Gasteiger partial charge < -0.3 is 26.4 Å². The molecule has 12 nitrogen and oxygen atoms in total. The van der Waals surface area contributed by atoms with Gasteiger partial charge in [0.1, 0.15) is 44.9 Å². The normalized spacial score (nSPS) is 14.9. The first-order valence-corrected chi connectivity index (χ1v) is 12.9. The van der Waals surface area contributed by atoms with Crippen molar-refractivity contribution in [3.63, 3.8) is 0 Å². The van der Waals surface area contributed by atoms with Gasteiger partial charge in [-0.05, 0) is 31.7 Å². The molecule has 1 saturated heterocycles. The first-order valence-electron chi connectivity index (χ1n) is 12.1. The van der Waals surface area contributed by atoms with Gasteiger partial charge in [0, 0.05) is 25.6 Å². The number of hydrogen-bond donors (Lipinski definition) is 4. The zero-order chi connectivity index (χ0) is 29.0. The Balaban J connectivity index is 1.36. The van der Waals surface area contributed by atoms with Crippen molar-refractivity contribution in [2.45, 2.75) is 38.4 Å². The zero-order valence-corrected chi connectivity index (χ0v) is 21.9. The fourth-order valence-corrected chi connectivity index (χ4v) is 4.96. The molecule has 1 aliphatic heterocycles. The third kappa shape index (κ3) is 6.99. The van der Waals surface area contributed by atoms with Crippen molar-refractivity contribution in [3.8, 4) is 5.75 Å². The number of primary amides is 1. The van der Waals surface area contributed by atoms with E-state index in [4.69, 9.17) is 5.73 Å². The number of carbonyl (C=O) groups is 3. The van der Waals surface area contributed by atoms with E-state index in [2.05, 4.69) is 30.6 Å². The Kier molecular flexibility index (Phi) is 8.46. The summed E-state index contributed by atoms with van der Waals surface area (Å²) in [6.45, 7) is 2.97. The number of nitrogens with zero attached hydrogens (tertiary/aromatic N) is 5. The molecule has 0 radical (unpaired) electrons. The second-order valence-corrected chi connectivity index (χ2v) is 10.2. The second-order valence-electron chi connectivity index (χ2n) is 9.16. The highest BCUT2D eigenvalue weighted by Crippen LogP contribution is 2.36. The van der Waals surface area contributed by atoms with Gasteiger partial charge in [-0.1, -0.05) is 0 Å². The Hall–Kier alpha value is -4.34. The van der Waals surface area contributed by atoms with Gasteiger partial charge >= 0.3 is 6.18 Å². The predicted octanol–water partition coefficient (Wildman–Crippen LogP) is 2.89. The van der Waals surface area contributed by atoms with Crippen LogP contribution in [0.5, 0.6) is 5.75 Å². The number of nitrogens with one attached hydrogen (secondary N) is 2. The minimum absolute atomic E-state index is 0.0728. The van der Waals surface area contributed by atoms with E-state index in [0.717, 1.165) is 24.2 Å². The second kappa shape index (κ2) is 11.8. The molecule has 0 aliphatic carbocycles. The van der Waals surface area contributed by atoms with Crippen LogP contribution in [0, 0.1) is 5.92 Å². The predicted molar refractivity (Wildman–Crippen MR) is 138 cm³/mol. The van der Waals surface area contributed by atoms with E-state index in [1.54, 1.807) is 13.0 Å². The Morgan fingerprint density at radius 2 is 1.85 bits per heavy atom. The number of hydrogen-bond acceptors (Lipinski definition) is 10. The number of amides is 3. The molecule has 16 heteroatoms. The van der Waals surface area contributed by atoms with Crippen LogP contribution in [0.2, 0.25) is 0 Å². The molecular weight excluding hydrogens is 553 g/mol. The number of anilines is 2. The van der Waals surface area contributed by atoms with Crippen molar-refractivity contribution < 1.29 is 32.7 Å². The van der Waals surface area contributed by atoms with Gasteiger partial charge in [0.2, 0.25) is 5.91 Å². The summed E-state index contributed by atoms with van der Waals surface area (Å²) in [5.41, 5.74) is 4.08. The van der Waals surface area contributed by atoms with Gasteiger partial charge in [-0.2, -0.15) is 13.2 Å². The number of piperidine rings is 1. The average Bonchev–Trinajstić information content (AvgIpc) is 3.40. The van der Waals surface area contributed by atoms with Crippen molar-refractivity contribution >= 4 is 40.7 Å². The molecule has 3 amide bonds. The molecule has 3 aromatic rings. The van der Waals surface area contributed by atoms with Gasteiger partial charge in [-0.15, -0.1) is 11.3 Å². The third-order valence-electron chi connectivity index (χ3n) is 6.21. The lowest BCUT2D eigenvalue weighted by Crippen LogP contribution is -2.36. The zero-order valence-electron chi connectivity index (χ0n) is 21.1. The summed E-state index contributed by atoms with van der Waals surface area (Å²) >= 11 is 0.937. The third-order valence-corrected chi connectivity index (χ3v) is 7.39. The molecule has 1 aliphatic rings. The Labute approximate surface area is 229 Å².